The van der Waals surface area contributed by atoms with E-state index in [1.165, 1.54) is 11.1 Å². The van der Waals surface area contributed by atoms with E-state index in [9.17, 15) is 4.79 Å². The molecule has 1 spiro atoms. The molecule has 2 heteroatoms. The van der Waals surface area contributed by atoms with Crippen molar-refractivity contribution < 1.29 is 9.53 Å². The summed E-state index contributed by atoms with van der Waals surface area (Å²) in [5.74, 6) is -0.0250. The maximum atomic E-state index is 11.5. The van der Waals surface area contributed by atoms with Crippen molar-refractivity contribution >= 4 is 5.97 Å². The number of hydrogen-bond acceptors (Lipinski definition) is 2. The van der Waals surface area contributed by atoms with E-state index in [1.807, 2.05) is 6.07 Å². The van der Waals surface area contributed by atoms with Crippen LogP contribution in [0.5, 0.6) is 0 Å². The average Bonchev–Trinajstić information content (AvgIpc) is 2.30. The molecule has 1 atom stereocenters. The van der Waals surface area contributed by atoms with Gasteiger partial charge in [0.15, 0.2) is 0 Å². The van der Waals surface area contributed by atoms with Gasteiger partial charge >= 0.3 is 5.97 Å². The van der Waals surface area contributed by atoms with Gasteiger partial charge in [0.25, 0.3) is 0 Å². The van der Waals surface area contributed by atoms with Crippen molar-refractivity contribution in [3.8, 4) is 0 Å². The van der Waals surface area contributed by atoms with Crippen molar-refractivity contribution in [3.63, 3.8) is 0 Å². The van der Waals surface area contributed by atoms with Crippen LogP contribution in [0.15, 0.2) is 24.3 Å². The summed E-state index contributed by atoms with van der Waals surface area (Å²) in [6.07, 6.45) is 5.79. The van der Waals surface area contributed by atoms with E-state index in [4.69, 9.17) is 4.74 Å². The second-order valence-corrected chi connectivity index (χ2v) is 4.83. The molecule has 1 saturated heterocycles. The molecule has 0 bridgehead atoms. The van der Waals surface area contributed by atoms with Crippen LogP contribution in [0.1, 0.15) is 43.2 Å². The average molecular weight is 216 g/mol. The molecule has 1 unspecified atom stereocenters. The Morgan fingerprint density at radius 3 is 2.62 bits per heavy atom. The number of rotatable bonds is 0. The van der Waals surface area contributed by atoms with Crippen LogP contribution < -0.4 is 0 Å². The summed E-state index contributed by atoms with van der Waals surface area (Å²) in [6.45, 7) is 0. The van der Waals surface area contributed by atoms with Crippen molar-refractivity contribution in [1.82, 2.24) is 0 Å². The fraction of sp³-hybridized carbons (Fsp3) is 0.500. The summed E-state index contributed by atoms with van der Waals surface area (Å²) >= 11 is 0. The number of benzene rings is 1. The molecule has 1 aliphatic heterocycles. The zero-order chi connectivity index (χ0) is 11.0. The molecule has 84 valence electrons. The zero-order valence-electron chi connectivity index (χ0n) is 9.37. The fourth-order valence-corrected chi connectivity index (χ4v) is 3.09. The third-order valence-electron chi connectivity index (χ3n) is 3.81. The summed E-state index contributed by atoms with van der Waals surface area (Å²) in [7, 11) is 0. The molecule has 1 aromatic rings. The van der Waals surface area contributed by atoms with E-state index >= 15 is 0 Å². The predicted octanol–water partition coefficient (Wildman–Crippen LogP) is 2.95. The number of esters is 1. The minimum absolute atomic E-state index is 0.0250. The maximum absolute atomic E-state index is 11.5. The number of ether oxygens (including phenoxy) is 1. The fourth-order valence-electron chi connectivity index (χ4n) is 3.09. The Labute approximate surface area is 95.6 Å². The predicted molar refractivity (Wildman–Crippen MR) is 61.0 cm³/mol. The normalized spacial score (nSPS) is 28.6. The van der Waals surface area contributed by atoms with Crippen LogP contribution in [0.3, 0.4) is 0 Å². The third-order valence-corrected chi connectivity index (χ3v) is 3.81. The molecule has 0 N–H and O–H groups in total. The third kappa shape index (κ3) is 1.44. The molecule has 0 aromatic heterocycles. The maximum Gasteiger partial charge on any atom is 0.306 e. The summed E-state index contributed by atoms with van der Waals surface area (Å²) < 4.78 is 5.70. The summed E-state index contributed by atoms with van der Waals surface area (Å²) in [6, 6.07) is 8.42. The van der Waals surface area contributed by atoms with Gasteiger partial charge in [-0.1, -0.05) is 24.3 Å². The van der Waals surface area contributed by atoms with Gasteiger partial charge in [-0.25, -0.2) is 0 Å². The molecular formula is C14H16O2. The first-order valence-electron chi connectivity index (χ1n) is 6.10. The molecular weight excluding hydrogens is 200 g/mol. The van der Waals surface area contributed by atoms with E-state index in [-0.39, 0.29) is 11.6 Å². The number of carbonyl (C=O) groups excluding carboxylic acids is 1. The lowest BCUT2D eigenvalue weighted by atomic mass is 9.75. The summed E-state index contributed by atoms with van der Waals surface area (Å²) in [4.78, 5) is 11.5. The van der Waals surface area contributed by atoms with Gasteiger partial charge in [-0.3, -0.25) is 4.79 Å². The first kappa shape index (κ1) is 9.88. The number of hydrogen-bond donors (Lipinski definition) is 0. The van der Waals surface area contributed by atoms with Gasteiger partial charge < -0.3 is 4.74 Å². The van der Waals surface area contributed by atoms with Gasteiger partial charge in [0.1, 0.15) is 5.60 Å². The lowest BCUT2D eigenvalue weighted by Crippen LogP contribution is -2.39. The summed E-state index contributed by atoms with van der Waals surface area (Å²) in [5, 5.41) is 0. The van der Waals surface area contributed by atoms with Crippen LogP contribution in [0, 0.1) is 0 Å². The van der Waals surface area contributed by atoms with Crippen molar-refractivity contribution in [3.05, 3.63) is 35.4 Å². The van der Waals surface area contributed by atoms with E-state index in [2.05, 4.69) is 18.2 Å². The highest BCUT2D eigenvalue weighted by molar-refractivity contribution is 5.71. The van der Waals surface area contributed by atoms with Crippen molar-refractivity contribution in [2.45, 2.75) is 44.1 Å². The Balaban J connectivity index is 2.05. The van der Waals surface area contributed by atoms with Crippen molar-refractivity contribution in [1.29, 1.82) is 0 Å². The van der Waals surface area contributed by atoms with Crippen LogP contribution >= 0.6 is 0 Å². The molecule has 1 heterocycles. The largest absolute Gasteiger partial charge is 0.454 e. The van der Waals surface area contributed by atoms with Crippen LogP contribution in [0.2, 0.25) is 0 Å². The molecule has 3 rings (SSSR count). The molecule has 1 fully saturated rings. The Kier molecular flexibility index (Phi) is 2.23. The summed E-state index contributed by atoms with van der Waals surface area (Å²) in [5.41, 5.74) is 2.34. The van der Waals surface area contributed by atoms with E-state index < -0.39 is 0 Å². The van der Waals surface area contributed by atoms with Crippen LogP contribution in [-0.4, -0.2) is 5.97 Å². The lowest BCUT2D eigenvalue weighted by Gasteiger charge is -2.41. The van der Waals surface area contributed by atoms with E-state index in [0.29, 0.717) is 6.42 Å². The smallest absolute Gasteiger partial charge is 0.306 e. The molecule has 0 saturated carbocycles. The highest BCUT2D eigenvalue weighted by atomic mass is 16.6. The molecule has 2 nitrogen and oxygen atoms in total. The Bertz CT molecular complexity index is 424. The van der Waals surface area contributed by atoms with Gasteiger partial charge in [0.05, 0.1) is 0 Å². The standard InChI is InChI=1S/C14H16O2/c15-13-8-4-10-14(16-13)9-3-6-11-5-1-2-7-12(11)14/h1-2,5,7H,3-4,6,8-10H2. The number of aryl methyl sites for hydroxylation is 1. The van der Waals surface area contributed by atoms with E-state index in [0.717, 1.165) is 32.1 Å². The number of fused-ring (bicyclic) bond motifs is 2. The Morgan fingerprint density at radius 1 is 1.06 bits per heavy atom. The molecule has 1 aromatic carbocycles. The molecule has 16 heavy (non-hydrogen) atoms. The second kappa shape index (κ2) is 3.62. The quantitative estimate of drug-likeness (QED) is 0.623. The van der Waals surface area contributed by atoms with Crippen LogP contribution in [0.4, 0.5) is 0 Å². The lowest BCUT2D eigenvalue weighted by molar-refractivity contribution is -0.171. The Hall–Kier alpha value is -1.31. The highest BCUT2D eigenvalue weighted by Gasteiger charge is 2.41. The first-order chi connectivity index (χ1) is 7.80. The molecule has 2 aliphatic rings. The minimum atomic E-state index is -0.288. The molecule has 0 amide bonds. The highest BCUT2D eigenvalue weighted by Crippen LogP contribution is 2.44. The van der Waals surface area contributed by atoms with Crippen molar-refractivity contribution in [2.24, 2.45) is 0 Å². The van der Waals surface area contributed by atoms with Gasteiger partial charge in [-0.2, -0.15) is 0 Å². The van der Waals surface area contributed by atoms with Gasteiger partial charge in [-0.15, -0.1) is 0 Å². The molecule has 1 aliphatic carbocycles. The van der Waals surface area contributed by atoms with E-state index in [1.54, 1.807) is 0 Å². The topological polar surface area (TPSA) is 26.3 Å². The monoisotopic (exact) mass is 216 g/mol. The minimum Gasteiger partial charge on any atom is -0.454 e. The molecule has 0 radical (unpaired) electrons. The van der Waals surface area contributed by atoms with Crippen molar-refractivity contribution in [2.75, 3.05) is 0 Å². The van der Waals surface area contributed by atoms with Crippen LogP contribution in [-0.2, 0) is 21.6 Å². The SMILES string of the molecule is O=C1CCCC2(CCCc3ccccc32)O1. The zero-order valence-corrected chi connectivity index (χ0v) is 9.37. The van der Waals surface area contributed by atoms with Gasteiger partial charge in [0.2, 0.25) is 0 Å². The van der Waals surface area contributed by atoms with Gasteiger partial charge in [-0.05, 0) is 43.2 Å². The number of carbonyl (C=O) groups is 1. The van der Waals surface area contributed by atoms with Crippen LogP contribution in [0.25, 0.3) is 0 Å². The first-order valence-corrected chi connectivity index (χ1v) is 6.10. The van der Waals surface area contributed by atoms with Gasteiger partial charge in [0, 0.05) is 6.42 Å². The second-order valence-electron chi connectivity index (χ2n) is 4.83. The Morgan fingerprint density at radius 2 is 1.81 bits per heavy atom.